The van der Waals surface area contributed by atoms with Crippen molar-refractivity contribution >= 4 is 17.9 Å². The lowest BCUT2D eigenvalue weighted by Gasteiger charge is -2.28. The van der Waals surface area contributed by atoms with Crippen LogP contribution in [-0.2, 0) is 38.1 Å². The number of hydrogen-bond acceptors (Lipinski definition) is 8. The topological polar surface area (TPSA) is 97.4 Å². The summed E-state index contributed by atoms with van der Waals surface area (Å²) in [5.74, 6) is -2.84. The lowest BCUT2D eigenvalue weighted by molar-refractivity contribution is -0.197. The summed E-state index contributed by atoms with van der Waals surface area (Å²) in [5.41, 5.74) is 2.44. The molecule has 0 aromatic rings. The SMILES string of the molecule is C=C1C(=O)O[C@@H]2/C=C(\C)CC/C=C(\COC(C)=O)C[C@@H](OC(=O)C3=CCOC(C)(C)OC3)[C@@H]12. The highest BCUT2D eigenvalue weighted by molar-refractivity contribution is 5.92. The van der Waals surface area contributed by atoms with Crippen LogP contribution >= 0.6 is 0 Å². The van der Waals surface area contributed by atoms with E-state index in [1.54, 1.807) is 19.9 Å². The van der Waals surface area contributed by atoms with Crippen LogP contribution in [0.2, 0.25) is 0 Å². The van der Waals surface area contributed by atoms with Crippen LogP contribution in [-0.4, -0.2) is 55.7 Å². The lowest BCUT2D eigenvalue weighted by atomic mass is 9.85. The molecule has 2 heterocycles. The molecule has 3 rings (SSSR count). The predicted molar refractivity (Wildman–Crippen MR) is 119 cm³/mol. The van der Waals surface area contributed by atoms with Crippen LogP contribution in [0.15, 0.2) is 47.1 Å². The van der Waals surface area contributed by atoms with Gasteiger partial charge < -0.3 is 23.7 Å². The maximum Gasteiger partial charge on any atom is 0.336 e. The van der Waals surface area contributed by atoms with Crippen molar-refractivity contribution in [2.45, 2.75) is 65.0 Å². The van der Waals surface area contributed by atoms with E-state index in [2.05, 4.69) is 6.58 Å². The number of allylic oxidation sites excluding steroid dienone is 2. The van der Waals surface area contributed by atoms with E-state index in [0.29, 0.717) is 5.57 Å². The van der Waals surface area contributed by atoms with Gasteiger partial charge in [0.2, 0.25) is 0 Å². The van der Waals surface area contributed by atoms with Crippen molar-refractivity contribution < 1.29 is 38.1 Å². The first-order valence-electron chi connectivity index (χ1n) is 11.1. The van der Waals surface area contributed by atoms with Gasteiger partial charge in [-0.1, -0.05) is 18.2 Å². The smallest absolute Gasteiger partial charge is 0.336 e. The first-order valence-corrected chi connectivity index (χ1v) is 11.1. The molecule has 180 valence electrons. The van der Waals surface area contributed by atoms with Crippen LogP contribution in [0, 0.1) is 5.92 Å². The zero-order valence-corrected chi connectivity index (χ0v) is 19.7. The van der Waals surface area contributed by atoms with Gasteiger partial charge in [0, 0.05) is 18.9 Å². The first kappa shape index (κ1) is 24.9. The Morgan fingerprint density at radius 2 is 2.00 bits per heavy atom. The van der Waals surface area contributed by atoms with Gasteiger partial charge in [0.1, 0.15) is 18.8 Å². The Balaban J connectivity index is 1.88. The second-order valence-electron chi connectivity index (χ2n) is 8.99. The van der Waals surface area contributed by atoms with Crippen molar-refractivity contribution in [2.75, 3.05) is 19.8 Å². The molecule has 33 heavy (non-hydrogen) atoms. The summed E-state index contributed by atoms with van der Waals surface area (Å²) >= 11 is 0. The summed E-state index contributed by atoms with van der Waals surface area (Å²) in [6.07, 6.45) is 5.96. The average molecular weight is 461 g/mol. The average Bonchev–Trinajstić information content (AvgIpc) is 2.88. The number of fused-ring (bicyclic) bond motifs is 1. The minimum atomic E-state index is -0.817. The Hall–Kier alpha value is -2.71. The fourth-order valence-corrected chi connectivity index (χ4v) is 3.99. The van der Waals surface area contributed by atoms with Gasteiger partial charge in [-0.2, -0.15) is 0 Å². The molecule has 0 aromatic carbocycles. The van der Waals surface area contributed by atoms with Gasteiger partial charge in [0.05, 0.1) is 24.7 Å². The highest BCUT2D eigenvalue weighted by atomic mass is 16.7. The molecule has 3 aliphatic rings. The maximum atomic E-state index is 13.1. The van der Waals surface area contributed by atoms with Gasteiger partial charge in [-0.25, -0.2) is 9.59 Å². The highest BCUT2D eigenvalue weighted by Crippen LogP contribution is 2.36. The van der Waals surface area contributed by atoms with E-state index >= 15 is 0 Å². The Kier molecular flexibility index (Phi) is 7.92. The van der Waals surface area contributed by atoms with Crippen LogP contribution in [0.3, 0.4) is 0 Å². The Morgan fingerprint density at radius 1 is 1.24 bits per heavy atom. The standard InChI is InChI=1S/C25H32O8/c1-15-7-6-8-18(13-29-17(3)26)12-21(22-16(2)23(27)32-20(22)11-15)33-24(28)19-9-10-30-25(4,5)31-14-19/h8-9,11,20-22H,2,6-7,10,12-14H2,1,3-5H3/b15-11+,18-8-/t20-,21-,22+/m1/s1. The summed E-state index contributed by atoms with van der Waals surface area (Å²) in [4.78, 5) is 36.8. The molecule has 0 N–H and O–H groups in total. The van der Waals surface area contributed by atoms with Gasteiger partial charge in [0.15, 0.2) is 5.79 Å². The summed E-state index contributed by atoms with van der Waals surface area (Å²) in [6.45, 7) is 11.1. The zero-order chi connectivity index (χ0) is 24.2. The third-order valence-corrected chi connectivity index (χ3v) is 5.86. The summed E-state index contributed by atoms with van der Waals surface area (Å²) in [5, 5.41) is 0. The minimum absolute atomic E-state index is 0.0399. The quantitative estimate of drug-likeness (QED) is 0.273. The van der Waals surface area contributed by atoms with E-state index in [1.165, 1.54) is 6.92 Å². The maximum absolute atomic E-state index is 13.1. The molecule has 8 nitrogen and oxygen atoms in total. The van der Waals surface area contributed by atoms with E-state index in [1.807, 2.05) is 19.1 Å². The molecule has 1 saturated heterocycles. The number of rotatable bonds is 4. The molecule has 0 spiro atoms. The van der Waals surface area contributed by atoms with Crippen molar-refractivity contribution in [3.8, 4) is 0 Å². The second kappa shape index (κ2) is 10.5. The van der Waals surface area contributed by atoms with Crippen LogP contribution < -0.4 is 0 Å². The minimum Gasteiger partial charge on any atom is -0.461 e. The summed E-state index contributed by atoms with van der Waals surface area (Å²) in [7, 11) is 0. The summed E-state index contributed by atoms with van der Waals surface area (Å²) in [6, 6.07) is 0. The van der Waals surface area contributed by atoms with E-state index < -0.39 is 41.8 Å². The largest absolute Gasteiger partial charge is 0.461 e. The van der Waals surface area contributed by atoms with Gasteiger partial charge in [0.25, 0.3) is 0 Å². The van der Waals surface area contributed by atoms with Crippen LogP contribution in [0.5, 0.6) is 0 Å². The molecule has 2 aliphatic heterocycles. The third kappa shape index (κ3) is 6.65. The number of hydrogen-bond donors (Lipinski definition) is 0. The third-order valence-electron chi connectivity index (χ3n) is 5.86. The van der Waals surface area contributed by atoms with E-state index in [4.69, 9.17) is 23.7 Å². The number of esters is 3. The molecule has 0 unspecified atom stereocenters. The van der Waals surface area contributed by atoms with Gasteiger partial charge in [-0.3, -0.25) is 4.79 Å². The Morgan fingerprint density at radius 3 is 2.73 bits per heavy atom. The molecule has 0 bridgehead atoms. The molecule has 8 heteroatoms. The second-order valence-corrected chi connectivity index (χ2v) is 8.99. The first-order chi connectivity index (χ1) is 15.6. The lowest BCUT2D eigenvalue weighted by Crippen LogP contribution is -2.35. The van der Waals surface area contributed by atoms with Crippen molar-refractivity contribution in [1.29, 1.82) is 0 Å². The molecular formula is C25H32O8. The molecule has 0 saturated carbocycles. The molecule has 0 radical (unpaired) electrons. The van der Waals surface area contributed by atoms with E-state index in [9.17, 15) is 14.4 Å². The molecule has 0 amide bonds. The predicted octanol–water partition coefficient (Wildman–Crippen LogP) is 3.33. The van der Waals surface area contributed by atoms with Crippen molar-refractivity contribution in [1.82, 2.24) is 0 Å². The molecular weight excluding hydrogens is 428 g/mol. The van der Waals surface area contributed by atoms with Crippen molar-refractivity contribution in [3.63, 3.8) is 0 Å². The highest BCUT2D eigenvalue weighted by Gasteiger charge is 2.45. The molecule has 1 fully saturated rings. The molecule has 1 aliphatic carbocycles. The number of carbonyl (C=O) groups is 3. The van der Waals surface area contributed by atoms with Gasteiger partial charge in [-0.15, -0.1) is 0 Å². The molecule has 3 atom stereocenters. The van der Waals surface area contributed by atoms with Crippen molar-refractivity contribution in [2.24, 2.45) is 5.92 Å². The van der Waals surface area contributed by atoms with E-state index in [-0.39, 0.29) is 31.8 Å². The van der Waals surface area contributed by atoms with Crippen LogP contribution in [0.4, 0.5) is 0 Å². The summed E-state index contributed by atoms with van der Waals surface area (Å²) < 4.78 is 27.9. The normalized spacial score (nSPS) is 30.9. The Labute approximate surface area is 194 Å². The fourth-order valence-electron chi connectivity index (χ4n) is 3.99. The monoisotopic (exact) mass is 460 g/mol. The zero-order valence-electron chi connectivity index (χ0n) is 19.7. The van der Waals surface area contributed by atoms with E-state index in [0.717, 1.165) is 24.0 Å². The van der Waals surface area contributed by atoms with Gasteiger partial charge >= 0.3 is 17.9 Å². The van der Waals surface area contributed by atoms with Crippen molar-refractivity contribution in [3.05, 3.63) is 47.1 Å². The number of ether oxygens (including phenoxy) is 5. The molecule has 0 aromatic heterocycles. The van der Waals surface area contributed by atoms with Crippen LogP contribution in [0.1, 0.15) is 47.0 Å². The van der Waals surface area contributed by atoms with Crippen LogP contribution in [0.25, 0.3) is 0 Å². The Bertz CT molecular complexity index is 907. The van der Waals surface area contributed by atoms with Gasteiger partial charge in [-0.05, 0) is 51.3 Å². The number of carbonyl (C=O) groups excluding carboxylic acids is 3. The fraction of sp³-hybridized carbons (Fsp3) is 0.560.